The van der Waals surface area contributed by atoms with Crippen LogP contribution in [0.4, 0.5) is 0 Å². The van der Waals surface area contributed by atoms with Crippen LogP contribution in [-0.2, 0) is 4.79 Å². The Bertz CT molecular complexity index is 175. The van der Waals surface area contributed by atoms with E-state index in [1.807, 2.05) is 0 Å². The predicted octanol–water partition coefficient (Wildman–Crippen LogP) is 1.91. The van der Waals surface area contributed by atoms with Gasteiger partial charge in [0.2, 0.25) is 0 Å². The van der Waals surface area contributed by atoms with E-state index in [1.54, 1.807) is 0 Å². The summed E-state index contributed by atoms with van der Waals surface area (Å²) >= 11 is 0. The van der Waals surface area contributed by atoms with Gasteiger partial charge in [0.25, 0.3) is 0 Å². The fraction of sp³-hybridized carbons (Fsp3) is 0.900. The highest BCUT2D eigenvalue weighted by atomic mass is 16.3. The average Bonchev–Trinajstić information content (AvgIpc) is 1.96. The second kappa shape index (κ2) is 3.17. The zero-order chi connectivity index (χ0) is 9.24. The maximum Gasteiger partial charge on any atom is 0.122 e. The van der Waals surface area contributed by atoms with E-state index in [4.69, 9.17) is 0 Å². The second-order valence-electron chi connectivity index (χ2n) is 4.49. The molecule has 0 bridgehead atoms. The van der Waals surface area contributed by atoms with Crippen molar-refractivity contribution in [2.75, 3.05) is 0 Å². The van der Waals surface area contributed by atoms with Crippen LogP contribution in [0.1, 0.15) is 46.0 Å². The van der Waals surface area contributed by atoms with Crippen molar-refractivity contribution in [2.24, 2.45) is 5.41 Å². The maximum atomic E-state index is 10.4. The van der Waals surface area contributed by atoms with Gasteiger partial charge >= 0.3 is 0 Å². The molecular formula is C10H18O2. The third-order valence-corrected chi connectivity index (χ3v) is 3.32. The lowest BCUT2D eigenvalue weighted by atomic mass is 9.64. The minimum Gasteiger partial charge on any atom is -0.389 e. The van der Waals surface area contributed by atoms with Gasteiger partial charge in [-0.05, 0) is 18.3 Å². The highest BCUT2D eigenvalue weighted by molar-refractivity contribution is 5.51. The van der Waals surface area contributed by atoms with Crippen molar-refractivity contribution < 1.29 is 9.90 Å². The number of aldehydes is 1. The number of aliphatic hydroxyl groups is 1. The molecular weight excluding hydrogens is 152 g/mol. The quantitative estimate of drug-likeness (QED) is 0.643. The van der Waals surface area contributed by atoms with E-state index in [0.29, 0.717) is 6.42 Å². The molecule has 0 aliphatic heterocycles. The van der Waals surface area contributed by atoms with Crippen LogP contribution in [0, 0.1) is 5.41 Å². The summed E-state index contributed by atoms with van der Waals surface area (Å²) in [6.07, 6.45) is 5.16. The third kappa shape index (κ3) is 1.53. The van der Waals surface area contributed by atoms with Gasteiger partial charge in [0.1, 0.15) is 6.29 Å². The van der Waals surface area contributed by atoms with E-state index in [9.17, 15) is 9.90 Å². The lowest BCUT2D eigenvalue weighted by Crippen LogP contribution is -2.47. The normalized spacial score (nSPS) is 34.6. The molecule has 0 amide bonds. The van der Waals surface area contributed by atoms with Crippen LogP contribution in [0.25, 0.3) is 0 Å². The van der Waals surface area contributed by atoms with E-state index >= 15 is 0 Å². The monoisotopic (exact) mass is 170 g/mol. The standard InChI is InChI=1S/C10H18O2/c1-9(2)5-3-4-6-10(9,12)7-8-11/h8,12H,3-7H2,1-2H3. The first-order valence-electron chi connectivity index (χ1n) is 4.68. The van der Waals surface area contributed by atoms with Gasteiger partial charge in [-0.1, -0.05) is 26.7 Å². The molecule has 1 fully saturated rings. The predicted molar refractivity (Wildman–Crippen MR) is 47.9 cm³/mol. The highest BCUT2D eigenvalue weighted by Gasteiger charge is 2.44. The van der Waals surface area contributed by atoms with Gasteiger partial charge in [0.05, 0.1) is 5.60 Å². The first kappa shape index (κ1) is 9.72. The second-order valence-corrected chi connectivity index (χ2v) is 4.49. The van der Waals surface area contributed by atoms with Gasteiger partial charge in [0, 0.05) is 6.42 Å². The molecule has 2 heteroatoms. The van der Waals surface area contributed by atoms with Crippen LogP contribution < -0.4 is 0 Å². The summed E-state index contributed by atoms with van der Waals surface area (Å²) in [5, 5.41) is 10.2. The summed E-state index contributed by atoms with van der Waals surface area (Å²) < 4.78 is 0. The molecule has 0 radical (unpaired) electrons. The van der Waals surface area contributed by atoms with Crippen molar-refractivity contribution in [2.45, 2.75) is 51.6 Å². The van der Waals surface area contributed by atoms with Crippen molar-refractivity contribution in [1.29, 1.82) is 0 Å². The Morgan fingerprint density at radius 1 is 1.33 bits per heavy atom. The van der Waals surface area contributed by atoms with Crippen LogP contribution >= 0.6 is 0 Å². The molecule has 1 rings (SSSR count). The molecule has 0 spiro atoms. The maximum absolute atomic E-state index is 10.4. The molecule has 0 saturated heterocycles. The number of hydrogen-bond acceptors (Lipinski definition) is 2. The van der Waals surface area contributed by atoms with Gasteiger partial charge in [-0.15, -0.1) is 0 Å². The van der Waals surface area contributed by atoms with Crippen molar-refractivity contribution in [3.05, 3.63) is 0 Å². The van der Waals surface area contributed by atoms with Crippen LogP contribution in [0.15, 0.2) is 0 Å². The molecule has 70 valence electrons. The molecule has 1 atom stereocenters. The van der Waals surface area contributed by atoms with E-state index in [0.717, 1.165) is 25.5 Å². The summed E-state index contributed by atoms with van der Waals surface area (Å²) in [7, 11) is 0. The SMILES string of the molecule is CC1(C)CCCCC1(O)CC=O. The van der Waals surface area contributed by atoms with E-state index in [2.05, 4.69) is 13.8 Å². The summed E-state index contributed by atoms with van der Waals surface area (Å²) in [6, 6.07) is 0. The lowest BCUT2D eigenvalue weighted by molar-refractivity contribution is -0.127. The van der Waals surface area contributed by atoms with Gasteiger partial charge in [0.15, 0.2) is 0 Å². The zero-order valence-electron chi connectivity index (χ0n) is 7.97. The molecule has 0 heterocycles. The summed E-state index contributed by atoms with van der Waals surface area (Å²) in [5.41, 5.74) is -0.834. The molecule has 1 N–H and O–H groups in total. The fourth-order valence-corrected chi connectivity index (χ4v) is 2.07. The molecule has 1 aliphatic carbocycles. The Hall–Kier alpha value is -0.370. The smallest absolute Gasteiger partial charge is 0.122 e. The largest absolute Gasteiger partial charge is 0.389 e. The van der Waals surface area contributed by atoms with Gasteiger partial charge in [-0.3, -0.25) is 0 Å². The lowest BCUT2D eigenvalue weighted by Gasteiger charge is -2.45. The van der Waals surface area contributed by atoms with Crippen LogP contribution in [-0.4, -0.2) is 17.0 Å². The van der Waals surface area contributed by atoms with Gasteiger partial charge in [-0.25, -0.2) is 0 Å². The van der Waals surface area contributed by atoms with Gasteiger partial charge < -0.3 is 9.90 Å². The van der Waals surface area contributed by atoms with Crippen molar-refractivity contribution in [3.8, 4) is 0 Å². The van der Waals surface area contributed by atoms with Crippen molar-refractivity contribution >= 4 is 6.29 Å². The van der Waals surface area contributed by atoms with E-state index in [-0.39, 0.29) is 5.41 Å². The van der Waals surface area contributed by atoms with Crippen LogP contribution in [0.2, 0.25) is 0 Å². The summed E-state index contributed by atoms with van der Waals surface area (Å²) in [5.74, 6) is 0. The molecule has 0 aromatic carbocycles. The summed E-state index contributed by atoms with van der Waals surface area (Å²) in [4.78, 5) is 10.4. The first-order valence-corrected chi connectivity index (χ1v) is 4.68. The molecule has 1 unspecified atom stereocenters. The third-order valence-electron chi connectivity index (χ3n) is 3.32. The Balaban J connectivity index is 2.76. The van der Waals surface area contributed by atoms with Gasteiger partial charge in [-0.2, -0.15) is 0 Å². The number of carbonyl (C=O) groups excluding carboxylic acids is 1. The number of rotatable bonds is 2. The Morgan fingerprint density at radius 2 is 1.92 bits per heavy atom. The summed E-state index contributed by atoms with van der Waals surface area (Å²) in [6.45, 7) is 4.10. The highest BCUT2D eigenvalue weighted by Crippen LogP contribution is 2.45. The first-order chi connectivity index (χ1) is 5.52. The molecule has 0 aromatic heterocycles. The Morgan fingerprint density at radius 3 is 2.42 bits per heavy atom. The fourth-order valence-electron chi connectivity index (χ4n) is 2.07. The molecule has 12 heavy (non-hydrogen) atoms. The topological polar surface area (TPSA) is 37.3 Å². The Kier molecular flexibility index (Phi) is 2.57. The van der Waals surface area contributed by atoms with Crippen LogP contribution in [0.5, 0.6) is 0 Å². The number of hydrogen-bond donors (Lipinski definition) is 1. The average molecular weight is 170 g/mol. The van der Waals surface area contributed by atoms with Crippen molar-refractivity contribution in [3.63, 3.8) is 0 Å². The van der Waals surface area contributed by atoms with E-state index < -0.39 is 5.60 Å². The van der Waals surface area contributed by atoms with Crippen LogP contribution in [0.3, 0.4) is 0 Å². The van der Waals surface area contributed by atoms with E-state index in [1.165, 1.54) is 6.42 Å². The Labute approximate surface area is 74.0 Å². The molecule has 2 nitrogen and oxygen atoms in total. The zero-order valence-corrected chi connectivity index (χ0v) is 7.97. The molecule has 1 aliphatic rings. The minimum absolute atomic E-state index is 0.0911. The van der Waals surface area contributed by atoms with Crippen molar-refractivity contribution in [1.82, 2.24) is 0 Å². The number of carbonyl (C=O) groups is 1. The molecule has 1 saturated carbocycles. The minimum atomic E-state index is -0.743. The molecule has 0 aromatic rings.